The molecule has 1 aromatic carbocycles. The fourth-order valence-electron chi connectivity index (χ4n) is 2.61. The number of carbonyl (C=O) groups is 4. The van der Waals surface area contributed by atoms with Gasteiger partial charge in [0.25, 0.3) is 11.8 Å². The summed E-state index contributed by atoms with van der Waals surface area (Å²) in [4.78, 5) is 48.8. The normalized spacial score (nSPS) is 14.1. The Hall–Kier alpha value is -3.10. The highest BCUT2D eigenvalue weighted by Gasteiger charge is 2.19. The Bertz CT molecular complexity index is 689. The first-order valence-corrected chi connectivity index (χ1v) is 8.90. The van der Waals surface area contributed by atoms with E-state index in [-0.39, 0.29) is 19.1 Å². The number of hydrogen-bond acceptors (Lipinski definition) is 5. The average Bonchev–Trinajstić information content (AvgIpc) is 2.85. The molecule has 0 saturated carbocycles. The van der Waals surface area contributed by atoms with Gasteiger partial charge < -0.3 is 9.64 Å². The van der Waals surface area contributed by atoms with Gasteiger partial charge in [-0.15, -0.1) is 0 Å². The largest absolute Gasteiger partial charge is 0.450 e. The number of nitrogens with zero attached hydrogens (tertiary/aromatic N) is 1. The highest BCUT2D eigenvalue weighted by molar-refractivity contribution is 5.96. The highest BCUT2D eigenvalue weighted by atomic mass is 16.5. The molecule has 1 aliphatic rings. The van der Waals surface area contributed by atoms with Crippen molar-refractivity contribution in [2.24, 2.45) is 0 Å². The molecule has 0 spiro atoms. The minimum atomic E-state index is -0.579. The molecule has 9 heteroatoms. The van der Waals surface area contributed by atoms with Crippen LogP contribution in [-0.2, 0) is 14.3 Å². The van der Waals surface area contributed by atoms with Crippen LogP contribution >= 0.6 is 0 Å². The summed E-state index contributed by atoms with van der Waals surface area (Å²) < 4.78 is 4.76. The first-order valence-electron chi connectivity index (χ1n) is 8.90. The van der Waals surface area contributed by atoms with Gasteiger partial charge in [0, 0.05) is 24.2 Å². The van der Waals surface area contributed by atoms with E-state index in [1.165, 1.54) is 17.0 Å². The summed E-state index contributed by atoms with van der Waals surface area (Å²) in [6.07, 6.45) is 2.56. The monoisotopic (exact) mass is 376 g/mol. The number of rotatable bonds is 5. The number of hydrogen-bond donors (Lipinski definition) is 3. The van der Waals surface area contributed by atoms with E-state index >= 15 is 0 Å². The van der Waals surface area contributed by atoms with Crippen molar-refractivity contribution in [3.05, 3.63) is 29.8 Å². The van der Waals surface area contributed by atoms with Crippen LogP contribution < -0.4 is 16.2 Å². The van der Waals surface area contributed by atoms with Gasteiger partial charge in [-0.3, -0.25) is 30.6 Å². The summed E-state index contributed by atoms with van der Waals surface area (Å²) >= 11 is 0. The van der Waals surface area contributed by atoms with E-state index in [9.17, 15) is 19.2 Å². The maximum absolute atomic E-state index is 12.1. The van der Waals surface area contributed by atoms with Crippen molar-refractivity contribution in [2.75, 3.05) is 25.0 Å². The number of nitrogens with one attached hydrogen (secondary N) is 3. The molecule has 1 aliphatic heterocycles. The molecule has 27 heavy (non-hydrogen) atoms. The second-order valence-electron chi connectivity index (χ2n) is 6.05. The van der Waals surface area contributed by atoms with Crippen molar-refractivity contribution in [1.82, 2.24) is 15.8 Å². The predicted octanol–water partition coefficient (Wildman–Crippen LogP) is 1.42. The number of anilines is 1. The van der Waals surface area contributed by atoms with Gasteiger partial charge in [0.05, 0.1) is 6.61 Å². The Morgan fingerprint density at radius 3 is 2.52 bits per heavy atom. The molecule has 146 valence electrons. The summed E-state index contributed by atoms with van der Waals surface area (Å²) in [7, 11) is 0. The summed E-state index contributed by atoms with van der Waals surface area (Å²) in [5, 5.41) is 2.51. The Labute approximate surface area is 157 Å². The van der Waals surface area contributed by atoms with Crippen LogP contribution in [-0.4, -0.2) is 48.4 Å². The molecule has 0 atom stereocenters. The van der Waals surface area contributed by atoms with Gasteiger partial charge >= 0.3 is 6.09 Å². The summed E-state index contributed by atoms with van der Waals surface area (Å²) in [5.74, 6) is -1.01. The van der Waals surface area contributed by atoms with Crippen molar-refractivity contribution >= 4 is 29.5 Å². The Balaban J connectivity index is 1.79. The van der Waals surface area contributed by atoms with Gasteiger partial charge in [0.1, 0.15) is 6.54 Å². The molecule has 0 bridgehead atoms. The Morgan fingerprint density at radius 2 is 1.81 bits per heavy atom. The number of likely N-dealkylation sites (tertiary alicyclic amines) is 1. The highest BCUT2D eigenvalue weighted by Crippen LogP contribution is 2.11. The maximum Gasteiger partial charge on any atom is 0.411 e. The average molecular weight is 376 g/mol. The molecule has 1 fully saturated rings. The van der Waals surface area contributed by atoms with E-state index < -0.39 is 17.9 Å². The number of hydrazine groups is 1. The van der Waals surface area contributed by atoms with Crippen LogP contribution in [0, 0.1) is 0 Å². The molecule has 2 rings (SSSR count). The smallest absolute Gasteiger partial charge is 0.411 e. The van der Waals surface area contributed by atoms with Gasteiger partial charge in [-0.1, -0.05) is 6.42 Å². The minimum Gasteiger partial charge on any atom is -0.450 e. The van der Waals surface area contributed by atoms with Crippen molar-refractivity contribution < 1.29 is 23.9 Å². The van der Waals surface area contributed by atoms with Crippen LogP contribution in [0.25, 0.3) is 0 Å². The first-order chi connectivity index (χ1) is 13.0. The number of amides is 4. The fourth-order valence-corrected chi connectivity index (χ4v) is 2.61. The molecular weight excluding hydrogens is 352 g/mol. The number of benzene rings is 1. The van der Waals surface area contributed by atoms with Crippen LogP contribution in [0.1, 0.15) is 43.0 Å². The minimum absolute atomic E-state index is 0.0429. The van der Waals surface area contributed by atoms with Crippen molar-refractivity contribution in [1.29, 1.82) is 0 Å². The lowest BCUT2D eigenvalue weighted by molar-refractivity contribution is -0.135. The van der Waals surface area contributed by atoms with Crippen LogP contribution in [0.5, 0.6) is 0 Å². The Kier molecular flexibility index (Phi) is 7.60. The van der Waals surface area contributed by atoms with E-state index in [2.05, 4.69) is 16.2 Å². The van der Waals surface area contributed by atoms with Crippen LogP contribution in [0.4, 0.5) is 10.5 Å². The summed E-state index contributed by atoms with van der Waals surface area (Å²) in [6, 6.07) is 6.09. The lowest BCUT2D eigenvalue weighted by atomic mass is 10.2. The van der Waals surface area contributed by atoms with Gasteiger partial charge in [-0.05, 0) is 44.0 Å². The zero-order chi connectivity index (χ0) is 19.6. The standard InChI is InChI=1S/C18H24N4O5/c1-2-27-18(26)19-14-9-7-13(8-10-14)17(25)21-20-15(23)12-22-11-5-3-4-6-16(22)24/h7-10H,2-6,11-12H2,1H3,(H,19,26)(H,20,23)(H,21,25). The van der Waals surface area contributed by atoms with Crippen LogP contribution in [0.3, 0.4) is 0 Å². The van der Waals surface area contributed by atoms with Crippen LogP contribution in [0.2, 0.25) is 0 Å². The van der Waals surface area contributed by atoms with Gasteiger partial charge in [0.2, 0.25) is 5.91 Å². The number of ether oxygens (including phenoxy) is 1. The lowest BCUT2D eigenvalue weighted by Crippen LogP contribution is -2.47. The van der Waals surface area contributed by atoms with Crippen molar-refractivity contribution in [3.8, 4) is 0 Å². The quantitative estimate of drug-likeness (QED) is 0.672. The molecular formula is C18H24N4O5. The topological polar surface area (TPSA) is 117 Å². The Morgan fingerprint density at radius 1 is 1.07 bits per heavy atom. The fraction of sp³-hybridized carbons (Fsp3) is 0.444. The molecule has 0 aliphatic carbocycles. The summed E-state index contributed by atoms with van der Waals surface area (Å²) in [6.45, 7) is 2.43. The molecule has 3 N–H and O–H groups in total. The predicted molar refractivity (Wildman–Crippen MR) is 97.7 cm³/mol. The van der Waals surface area contributed by atoms with Gasteiger partial charge in [-0.2, -0.15) is 0 Å². The van der Waals surface area contributed by atoms with Gasteiger partial charge in [0.15, 0.2) is 0 Å². The van der Waals surface area contributed by atoms with E-state index in [4.69, 9.17) is 4.74 Å². The van der Waals surface area contributed by atoms with Gasteiger partial charge in [-0.25, -0.2) is 4.79 Å². The maximum atomic E-state index is 12.1. The van der Waals surface area contributed by atoms with E-state index in [1.807, 2.05) is 0 Å². The second-order valence-corrected chi connectivity index (χ2v) is 6.05. The van der Waals surface area contributed by atoms with Crippen molar-refractivity contribution in [3.63, 3.8) is 0 Å². The summed E-state index contributed by atoms with van der Waals surface area (Å²) in [5.41, 5.74) is 5.40. The molecule has 0 radical (unpaired) electrons. The molecule has 9 nitrogen and oxygen atoms in total. The number of carbonyl (C=O) groups excluding carboxylic acids is 4. The molecule has 0 aromatic heterocycles. The lowest BCUT2D eigenvalue weighted by Gasteiger charge is -2.19. The first kappa shape index (κ1) is 20.2. The van der Waals surface area contributed by atoms with E-state index in [1.54, 1.807) is 19.1 Å². The second kappa shape index (κ2) is 10.1. The molecule has 0 unspecified atom stereocenters. The SMILES string of the molecule is CCOC(=O)Nc1ccc(C(=O)NNC(=O)CN2CCCCCC2=O)cc1. The zero-order valence-electron chi connectivity index (χ0n) is 15.2. The molecule has 4 amide bonds. The van der Waals surface area contributed by atoms with Crippen LogP contribution in [0.15, 0.2) is 24.3 Å². The molecule has 1 saturated heterocycles. The molecule has 1 heterocycles. The third kappa shape index (κ3) is 6.61. The third-order valence-electron chi connectivity index (χ3n) is 3.99. The van der Waals surface area contributed by atoms with E-state index in [0.29, 0.717) is 24.2 Å². The molecule has 1 aromatic rings. The third-order valence-corrected chi connectivity index (χ3v) is 3.99. The zero-order valence-corrected chi connectivity index (χ0v) is 15.2. The van der Waals surface area contributed by atoms with E-state index in [0.717, 1.165) is 19.3 Å². The van der Waals surface area contributed by atoms with Crippen molar-refractivity contribution in [2.45, 2.75) is 32.6 Å².